The number of hydrogen-bond acceptors (Lipinski definition) is 6. The molecule has 1 aromatic carbocycles. The molecule has 7 nitrogen and oxygen atoms in total. The highest BCUT2D eigenvalue weighted by Crippen LogP contribution is 2.35. The number of benzene rings is 1. The van der Waals surface area contributed by atoms with Crippen LogP contribution in [0.2, 0.25) is 0 Å². The van der Waals surface area contributed by atoms with Crippen molar-refractivity contribution in [3.63, 3.8) is 0 Å². The first-order valence-electron chi connectivity index (χ1n) is 7.23. The van der Waals surface area contributed by atoms with Crippen LogP contribution in [0.3, 0.4) is 0 Å². The molecule has 0 spiro atoms. The van der Waals surface area contributed by atoms with Crippen molar-refractivity contribution in [1.29, 1.82) is 0 Å². The van der Waals surface area contributed by atoms with Crippen molar-refractivity contribution in [3.05, 3.63) is 23.8 Å². The van der Waals surface area contributed by atoms with Gasteiger partial charge >= 0.3 is 5.97 Å². The molecule has 0 unspecified atom stereocenters. The number of likely N-dealkylation sites (N-methyl/N-ethyl adjacent to an activating group) is 1. The summed E-state index contributed by atoms with van der Waals surface area (Å²) in [6.07, 6.45) is 1.89. The largest absolute Gasteiger partial charge is 0.496 e. The van der Waals surface area contributed by atoms with Gasteiger partial charge in [0.2, 0.25) is 0 Å². The fourth-order valence-corrected chi connectivity index (χ4v) is 1.97. The third-order valence-corrected chi connectivity index (χ3v) is 3.22. The Morgan fingerprint density at radius 3 is 2.04 bits per heavy atom. The van der Waals surface area contributed by atoms with E-state index in [-0.39, 0.29) is 5.91 Å². The van der Waals surface area contributed by atoms with Gasteiger partial charge in [-0.3, -0.25) is 4.79 Å². The lowest BCUT2D eigenvalue weighted by atomic mass is 10.1. The summed E-state index contributed by atoms with van der Waals surface area (Å²) in [5.41, 5.74) is 0.610. The molecular formula is C17H23NO6. The highest BCUT2D eigenvalue weighted by molar-refractivity contribution is 5.90. The number of esters is 1. The van der Waals surface area contributed by atoms with E-state index in [1.807, 2.05) is 0 Å². The van der Waals surface area contributed by atoms with Crippen LogP contribution in [0, 0.1) is 0 Å². The molecule has 0 aliphatic heterocycles. The van der Waals surface area contributed by atoms with Gasteiger partial charge in [-0.05, 0) is 19.1 Å². The second-order valence-corrected chi connectivity index (χ2v) is 5.09. The minimum absolute atomic E-state index is 0.291. The summed E-state index contributed by atoms with van der Waals surface area (Å²) >= 11 is 0. The molecule has 1 rings (SSSR count). The number of rotatable bonds is 7. The molecule has 0 heterocycles. The van der Waals surface area contributed by atoms with Crippen LogP contribution >= 0.6 is 0 Å². The van der Waals surface area contributed by atoms with E-state index in [0.29, 0.717) is 22.8 Å². The third kappa shape index (κ3) is 4.91. The van der Waals surface area contributed by atoms with Crippen molar-refractivity contribution in [3.8, 4) is 17.2 Å². The van der Waals surface area contributed by atoms with Gasteiger partial charge in [-0.1, -0.05) is 0 Å². The van der Waals surface area contributed by atoms with Crippen molar-refractivity contribution in [2.24, 2.45) is 0 Å². The summed E-state index contributed by atoms with van der Waals surface area (Å²) in [5, 5.41) is 0. The van der Waals surface area contributed by atoms with Gasteiger partial charge in [0.1, 0.15) is 5.75 Å². The van der Waals surface area contributed by atoms with Crippen LogP contribution < -0.4 is 14.2 Å². The van der Waals surface area contributed by atoms with Crippen molar-refractivity contribution < 1.29 is 28.5 Å². The number of ether oxygens (including phenoxy) is 4. The van der Waals surface area contributed by atoms with E-state index in [9.17, 15) is 9.59 Å². The second kappa shape index (κ2) is 8.81. The summed E-state index contributed by atoms with van der Waals surface area (Å²) < 4.78 is 20.7. The normalized spacial score (nSPS) is 11.8. The van der Waals surface area contributed by atoms with Gasteiger partial charge in [-0.15, -0.1) is 0 Å². The van der Waals surface area contributed by atoms with E-state index >= 15 is 0 Å². The van der Waals surface area contributed by atoms with Crippen molar-refractivity contribution in [2.45, 2.75) is 13.0 Å². The first-order chi connectivity index (χ1) is 11.3. The molecule has 0 aliphatic carbocycles. The molecule has 0 aromatic heterocycles. The zero-order chi connectivity index (χ0) is 18.3. The summed E-state index contributed by atoms with van der Waals surface area (Å²) in [4.78, 5) is 24.9. The SMILES string of the molecule is COc1cc(OC)c(OC)cc1/C=C/C(=O)O[C@@H](C)C(=O)N(C)C. The van der Waals surface area contributed by atoms with Gasteiger partial charge in [0, 0.05) is 31.8 Å². The Bertz CT molecular complexity index is 624. The summed E-state index contributed by atoms with van der Waals surface area (Å²) in [6.45, 7) is 1.52. The van der Waals surface area contributed by atoms with E-state index in [2.05, 4.69) is 0 Å². The number of amides is 1. The van der Waals surface area contributed by atoms with Gasteiger partial charge in [0.15, 0.2) is 17.6 Å². The lowest BCUT2D eigenvalue weighted by Crippen LogP contribution is -2.34. The maximum atomic E-state index is 11.9. The fourth-order valence-electron chi connectivity index (χ4n) is 1.97. The predicted molar refractivity (Wildman–Crippen MR) is 89.4 cm³/mol. The number of methoxy groups -OCH3 is 3. The van der Waals surface area contributed by atoms with Crippen LogP contribution in [0.5, 0.6) is 17.2 Å². The van der Waals surface area contributed by atoms with Gasteiger partial charge in [-0.2, -0.15) is 0 Å². The average molecular weight is 337 g/mol. The molecule has 132 valence electrons. The molecule has 1 amide bonds. The molecule has 0 saturated carbocycles. The minimum Gasteiger partial charge on any atom is -0.496 e. The van der Waals surface area contributed by atoms with Crippen LogP contribution in [0.1, 0.15) is 12.5 Å². The molecular weight excluding hydrogens is 314 g/mol. The molecule has 7 heteroatoms. The molecule has 1 aromatic rings. The summed E-state index contributed by atoms with van der Waals surface area (Å²) in [6, 6.07) is 3.33. The zero-order valence-corrected chi connectivity index (χ0v) is 14.8. The predicted octanol–water partition coefficient (Wildman–Crippen LogP) is 1.75. The van der Waals surface area contributed by atoms with Crippen LogP contribution in [-0.2, 0) is 14.3 Å². The van der Waals surface area contributed by atoms with Crippen LogP contribution in [0.25, 0.3) is 6.08 Å². The Balaban J connectivity index is 2.93. The van der Waals surface area contributed by atoms with Crippen molar-refractivity contribution >= 4 is 18.0 Å². The highest BCUT2D eigenvalue weighted by Gasteiger charge is 2.18. The molecule has 0 N–H and O–H groups in total. The zero-order valence-electron chi connectivity index (χ0n) is 14.8. The Kier molecular flexibility index (Phi) is 7.10. The van der Waals surface area contributed by atoms with E-state index < -0.39 is 12.1 Å². The number of hydrogen-bond donors (Lipinski definition) is 0. The van der Waals surface area contributed by atoms with Gasteiger partial charge in [-0.25, -0.2) is 4.79 Å². The molecule has 0 bridgehead atoms. The Morgan fingerprint density at radius 1 is 1.00 bits per heavy atom. The highest BCUT2D eigenvalue weighted by atomic mass is 16.5. The third-order valence-electron chi connectivity index (χ3n) is 3.22. The van der Waals surface area contributed by atoms with Crippen LogP contribution in [0.15, 0.2) is 18.2 Å². The monoisotopic (exact) mass is 337 g/mol. The van der Waals surface area contributed by atoms with E-state index in [0.717, 1.165) is 0 Å². The first kappa shape index (κ1) is 19.3. The quantitative estimate of drug-likeness (QED) is 0.557. The molecule has 24 heavy (non-hydrogen) atoms. The van der Waals surface area contributed by atoms with Gasteiger partial charge in [0.05, 0.1) is 21.3 Å². The summed E-state index contributed by atoms with van der Waals surface area (Å²) in [5.74, 6) is 0.603. The van der Waals surface area contributed by atoms with Crippen molar-refractivity contribution in [2.75, 3.05) is 35.4 Å². The maximum absolute atomic E-state index is 11.9. The van der Waals surface area contributed by atoms with E-state index in [1.54, 1.807) is 26.2 Å². The Hall–Kier alpha value is -2.70. The number of carbonyl (C=O) groups is 2. The van der Waals surface area contributed by atoms with E-state index in [4.69, 9.17) is 18.9 Å². The fraction of sp³-hybridized carbons (Fsp3) is 0.412. The number of carbonyl (C=O) groups excluding carboxylic acids is 2. The summed E-state index contributed by atoms with van der Waals surface area (Å²) in [7, 11) is 7.73. The average Bonchev–Trinajstić information content (AvgIpc) is 2.57. The van der Waals surface area contributed by atoms with Gasteiger partial charge in [0.25, 0.3) is 5.91 Å². The van der Waals surface area contributed by atoms with Crippen LogP contribution in [0.4, 0.5) is 0 Å². The second-order valence-electron chi connectivity index (χ2n) is 5.09. The molecule has 0 saturated heterocycles. The van der Waals surface area contributed by atoms with Crippen molar-refractivity contribution in [1.82, 2.24) is 4.90 Å². The lowest BCUT2D eigenvalue weighted by Gasteiger charge is -2.16. The standard InChI is InChI=1S/C17H23NO6/c1-11(17(20)18(2)3)24-16(19)8-7-12-9-14(22-5)15(23-6)10-13(12)21-4/h7-11H,1-6H3/b8-7+/t11-/m0/s1. The lowest BCUT2D eigenvalue weighted by molar-refractivity contribution is -0.153. The minimum atomic E-state index is -0.857. The Morgan fingerprint density at radius 2 is 1.54 bits per heavy atom. The molecule has 0 aliphatic rings. The Labute approximate surface area is 141 Å². The molecule has 0 fully saturated rings. The maximum Gasteiger partial charge on any atom is 0.331 e. The smallest absolute Gasteiger partial charge is 0.331 e. The molecule has 1 atom stereocenters. The van der Waals surface area contributed by atoms with E-state index in [1.165, 1.54) is 45.3 Å². The first-order valence-corrected chi connectivity index (χ1v) is 7.23. The topological polar surface area (TPSA) is 74.3 Å². The number of nitrogens with zero attached hydrogens (tertiary/aromatic N) is 1. The molecule has 0 radical (unpaired) electrons. The van der Waals surface area contributed by atoms with Crippen LogP contribution in [-0.4, -0.2) is 58.3 Å². The van der Waals surface area contributed by atoms with Gasteiger partial charge < -0.3 is 23.8 Å².